The van der Waals surface area contributed by atoms with Crippen molar-refractivity contribution >= 4 is 17.8 Å². The van der Waals surface area contributed by atoms with Crippen molar-refractivity contribution in [2.24, 2.45) is 5.92 Å². The molecule has 34 heavy (non-hydrogen) atoms. The molecule has 1 aliphatic carbocycles. The predicted molar refractivity (Wildman–Crippen MR) is 126 cm³/mol. The highest BCUT2D eigenvalue weighted by Gasteiger charge is 2.48. The van der Waals surface area contributed by atoms with Gasteiger partial charge in [0.25, 0.3) is 5.91 Å². The maximum Gasteiger partial charge on any atom is 0.322 e. The van der Waals surface area contributed by atoms with Crippen molar-refractivity contribution in [3.05, 3.63) is 78.0 Å². The van der Waals surface area contributed by atoms with Crippen LogP contribution in [0.25, 0.3) is 11.3 Å². The molecule has 5 rings (SSSR count). The predicted octanol–water partition coefficient (Wildman–Crippen LogP) is 2.98. The molecule has 1 saturated heterocycles. The molecule has 2 fully saturated rings. The first-order chi connectivity index (χ1) is 16.5. The standard InChI is InChI=1S/C26H27N5O3/c32-23(20-11-13-26(14-12-20)24(33)28-25(34)29-26)27-15-21-17-31(16-18-7-3-1-4-8-18)30-22(21)19-9-5-2-6-10-19/h1-10,17,20H,11-16H2,(H,27,32)(H2,28,29,33,34). The van der Waals surface area contributed by atoms with E-state index in [0.717, 1.165) is 22.4 Å². The number of carbonyl (C=O) groups excluding carboxylic acids is 3. The van der Waals surface area contributed by atoms with E-state index in [9.17, 15) is 14.4 Å². The lowest BCUT2D eigenvalue weighted by Gasteiger charge is -2.33. The van der Waals surface area contributed by atoms with Gasteiger partial charge in [-0.1, -0.05) is 60.7 Å². The first kappa shape index (κ1) is 21.9. The minimum Gasteiger partial charge on any atom is -0.352 e. The second kappa shape index (κ2) is 9.13. The van der Waals surface area contributed by atoms with Crippen molar-refractivity contribution in [2.75, 3.05) is 0 Å². The number of benzene rings is 2. The molecule has 2 aromatic carbocycles. The van der Waals surface area contributed by atoms with Gasteiger partial charge in [0.1, 0.15) is 5.54 Å². The summed E-state index contributed by atoms with van der Waals surface area (Å²) >= 11 is 0. The quantitative estimate of drug-likeness (QED) is 0.495. The second-order valence-corrected chi connectivity index (χ2v) is 9.03. The second-order valence-electron chi connectivity index (χ2n) is 9.03. The summed E-state index contributed by atoms with van der Waals surface area (Å²) in [6.45, 7) is 1.02. The maximum absolute atomic E-state index is 12.9. The Balaban J connectivity index is 1.27. The van der Waals surface area contributed by atoms with Crippen molar-refractivity contribution in [3.63, 3.8) is 0 Å². The number of urea groups is 1. The lowest BCUT2D eigenvalue weighted by molar-refractivity contribution is -0.130. The molecular weight excluding hydrogens is 430 g/mol. The van der Waals surface area contributed by atoms with Gasteiger partial charge in [-0.3, -0.25) is 19.6 Å². The Kier molecular flexibility index (Phi) is 5.88. The first-order valence-electron chi connectivity index (χ1n) is 11.6. The van der Waals surface area contributed by atoms with Crippen molar-refractivity contribution in [1.82, 2.24) is 25.7 Å². The van der Waals surface area contributed by atoms with Crippen LogP contribution in [0, 0.1) is 5.92 Å². The molecule has 8 heteroatoms. The van der Waals surface area contributed by atoms with Gasteiger partial charge in [-0.25, -0.2) is 4.79 Å². The lowest BCUT2D eigenvalue weighted by Crippen LogP contribution is -2.50. The molecule has 1 aromatic heterocycles. The Morgan fingerprint density at radius 3 is 2.35 bits per heavy atom. The first-order valence-corrected chi connectivity index (χ1v) is 11.6. The minimum absolute atomic E-state index is 0.0330. The summed E-state index contributed by atoms with van der Waals surface area (Å²) in [6, 6.07) is 19.6. The summed E-state index contributed by atoms with van der Waals surface area (Å²) in [5.74, 6) is -0.500. The molecule has 2 heterocycles. The minimum atomic E-state index is -0.854. The molecule has 0 bridgehead atoms. The monoisotopic (exact) mass is 457 g/mol. The van der Waals surface area contributed by atoms with Gasteiger partial charge in [-0.05, 0) is 31.2 Å². The molecule has 1 aliphatic heterocycles. The van der Waals surface area contributed by atoms with Gasteiger partial charge >= 0.3 is 6.03 Å². The molecule has 4 amide bonds. The number of carbonyl (C=O) groups is 3. The van der Waals surface area contributed by atoms with Crippen molar-refractivity contribution in [3.8, 4) is 11.3 Å². The summed E-state index contributed by atoms with van der Waals surface area (Å²) in [7, 11) is 0. The van der Waals surface area contributed by atoms with Crippen LogP contribution in [0.5, 0.6) is 0 Å². The summed E-state index contributed by atoms with van der Waals surface area (Å²) in [6.07, 6.45) is 4.03. The highest BCUT2D eigenvalue weighted by molar-refractivity contribution is 6.07. The normalized spacial score (nSPS) is 21.8. The molecule has 3 aromatic rings. The van der Waals surface area contributed by atoms with Crippen LogP contribution in [0.15, 0.2) is 66.9 Å². The van der Waals surface area contributed by atoms with Gasteiger partial charge in [0.15, 0.2) is 0 Å². The third kappa shape index (κ3) is 4.44. The lowest BCUT2D eigenvalue weighted by atomic mass is 9.76. The van der Waals surface area contributed by atoms with E-state index in [1.54, 1.807) is 0 Å². The van der Waals surface area contributed by atoms with E-state index in [1.807, 2.05) is 59.4 Å². The van der Waals surface area contributed by atoms with Crippen LogP contribution in [-0.4, -0.2) is 33.2 Å². The van der Waals surface area contributed by atoms with E-state index in [1.165, 1.54) is 0 Å². The van der Waals surface area contributed by atoms with Gasteiger partial charge in [0.05, 0.1) is 12.2 Å². The number of hydrogen-bond acceptors (Lipinski definition) is 4. The molecule has 1 saturated carbocycles. The van der Waals surface area contributed by atoms with Gasteiger partial charge in [-0.2, -0.15) is 5.10 Å². The van der Waals surface area contributed by atoms with E-state index >= 15 is 0 Å². The van der Waals surface area contributed by atoms with Crippen LogP contribution in [0.1, 0.15) is 36.8 Å². The van der Waals surface area contributed by atoms with Crippen LogP contribution in [0.2, 0.25) is 0 Å². The fourth-order valence-electron chi connectivity index (χ4n) is 4.86. The van der Waals surface area contributed by atoms with Gasteiger partial charge < -0.3 is 10.6 Å². The molecule has 2 aliphatic rings. The zero-order valence-electron chi connectivity index (χ0n) is 18.8. The third-order valence-corrected chi connectivity index (χ3v) is 6.75. The van der Waals surface area contributed by atoms with E-state index in [-0.39, 0.29) is 17.7 Å². The number of imide groups is 1. The van der Waals surface area contributed by atoms with Crippen molar-refractivity contribution < 1.29 is 14.4 Å². The summed E-state index contributed by atoms with van der Waals surface area (Å²) in [4.78, 5) is 36.6. The molecule has 0 radical (unpaired) electrons. The van der Waals surface area contributed by atoms with Crippen molar-refractivity contribution in [1.29, 1.82) is 0 Å². The number of nitrogens with one attached hydrogen (secondary N) is 3. The van der Waals surface area contributed by atoms with Crippen LogP contribution >= 0.6 is 0 Å². The highest BCUT2D eigenvalue weighted by atomic mass is 16.2. The largest absolute Gasteiger partial charge is 0.352 e. The van der Waals surface area contributed by atoms with Gasteiger partial charge in [0.2, 0.25) is 5.91 Å². The molecule has 174 valence electrons. The topological polar surface area (TPSA) is 105 Å². The van der Waals surface area contributed by atoms with E-state index in [4.69, 9.17) is 5.10 Å². The van der Waals surface area contributed by atoms with Crippen LogP contribution < -0.4 is 16.0 Å². The maximum atomic E-state index is 12.9. The Bertz CT molecular complexity index is 1200. The highest BCUT2D eigenvalue weighted by Crippen LogP contribution is 2.34. The third-order valence-electron chi connectivity index (χ3n) is 6.75. The average Bonchev–Trinajstić information content (AvgIpc) is 3.38. The molecule has 0 unspecified atom stereocenters. The van der Waals surface area contributed by atoms with Gasteiger partial charge in [0, 0.05) is 29.8 Å². The van der Waals surface area contributed by atoms with Crippen molar-refractivity contribution in [2.45, 2.75) is 44.3 Å². The molecule has 8 nitrogen and oxygen atoms in total. The van der Waals surface area contributed by atoms with E-state index in [2.05, 4.69) is 28.1 Å². The number of nitrogens with zero attached hydrogens (tertiary/aromatic N) is 2. The number of rotatable bonds is 6. The Morgan fingerprint density at radius 1 is 1.03 bits per heavy atom. The fraction of sp³-hybridized carbons (Fsp3) is 0.308. The number of amides is 4. The molecule has 0 atom stereocenters. The molecule has 1 spiro atoms. The zero-order chi connectivity index (χ0) is 23.5. The van der Waals surface area contributed by atoms with E-state index in [0.29, 0.717) is 38.8 Å². The average molecular weight is 458 g/mol. The smallest absolute Gasteiger partial charge is 0.322 e. The Labute approximate surface area is 197 Å². The van der Waals surface area contributed by atoms with Crippen LogP contribution in [-0.2, 0) is 22.7 Å². The van der Waals surface area contributed by atoms with Crippen LogP contribution in [0.3, 0.4) is 0 Å². The summed E-state index contributed by atoms with van der Waals surface area (Å²) in [5, 5.41) is 12.9. The number of hydrogen-bond donors (Lipinski definition) is 3. The summed E-state index contributed by atoms with van der Waals surface area (Å²) < 4.78 is 1.91. The fourth-order valence-corrected chi connectivity index (χ4v) is 4.86. The SMILES string of the molecule is O=C1NC(=O)C2(CCC(C(=O)NCc3cn(Cc4ccccc4)nc3-c3ccccc3)CC2)N1. The summed E-state index contributed by atoms with van der Waals surface area (Å²) in [5.41, 5.74) is 3.10. The molecular formula is C26H27N5O3. The van der Waals surface area contributed by atoms with E-state index < -0.39 is 11.6 Å². The Hall–Kier alpha value is -3.94. The zero-order valence-corrected chi connectivity index (χ0v) is 18.8. The number of aromatic nitrogens is 2. The molecule has 3 N–H and O–H groups in total. The van der Waals surface area contributed by atoms with Crippen LogP contribution in [0.4, 0.5) is 4.79 Å². The van der Waals surface area contributed by atoms with Gasteiger partial charge in [-0.15, -0.1) is 0 Å². The Morgan fingerprint density at radius 2 is 1.71 bits per heavy atom.